The van der Waals surface area contributed by atoms with Gasteiger partial charge in [0.15, 0.2) is 11.6 Å². The maximum Gasteiger partial charge on any atom is 0.239 e. The van der Waals surface area contributed by atoms with Gasteiger partial charge in [0.05, 0.1) is 0 Å². The van der Waals surface area contributed by atoms with Gasteiger partial charge >= 0.3 is 0 Å². The van der Waals surface area contributed by atoms with E-state index in [-0.39, 0.29) is 0 Å². The molecule has 0 bridgehead atoms. The zero-order valence-corrected chi connectivity index (χ0v) is 6.50. The minimum Gasteiger partial charge on any atom is -0.211 e. The molecule has 0 unspecified atom stereocenters. The van der Waals surface area contributed by atoms with E-state index >= 15 is 0 Å². The van der Waals surface area contributed by atoms with Gasteiger partial charge in [-0.15, -0.1) is 0 Å². The van der Waals surface area contributed by atoms with Crippen molar-refractivity contribution >= 4 is 12.2 Å². The first kappa shape index (κ1) is 9.29. The van der Waals surface area contributed by atoms with Crippen LogP contribution in [0, 0.1) is 11.6 Å². The maximum absolute atomic E-state index is 12.6. The van der Waals surface area contributed by atoms with Gasteiger partial charge in [-0.3, -0.25) is 0 Å². The highest BCUT2D eigenvalue weighted by Gasteiger charge is 1.99. The third kappa shape index (κ3) is 2.61. The zero-order valence-electron chi connectivity index (χ0n) is 6.50. The van der Waals surface area contributed by atoms with Gasteiger partial charge in [-0.05, 0) is 23.8 Å². The molecule has 0 amide bonds. The molecule has 4 heteroatoms. The van der Waals surface area contributed by atoms with Crippen molar-refractivity contribution in [2.45, 2.75) is 0 Å². The van der Waals surface area contributed by atoms with Crippen LogP contribution in [-0.2, 0) is 4.79 Å². The van der Waals surface area contributed by atoms with Crippen molar-refractivity contribution < 1.29 is 13.6 Å². The number of isocyanates is 1. The molecular formula is C9H5F2NO. The summed E-state index contributed by atoms with van der Waals surface area (Å²) in [6.07, 6.45) is 3.81. The Bertz CT molecular complexity index is 381. The second-order valence-electron chi connectivity index (χ2n) is 2.21. The van der Waals surface area contributed by atoms with E-state index in [9.17, 15) is 13.6 Å². The Hall–Kier alpha value is -1.80. The van der Waals surface area contributed by atoms with Crippen LogP contribution in [0.15, 0.2) is 29.4 Å². The Morgan fingerprint density at radius 3 is 2.69 bits per heavy atom. The van der Waals surface area contributed by atoms with Gasteiger partial charge in [-0.1, -0.05) is 6.07 Å². The molecule has 1 aromatic carbocycles. The highest BCUT2D eigenvalue weighted by Crippen LogP contribution is 2.09. The fourth-order valence-electron chi connectivity index (χ4n) is 0.770. The van der Waals surface area contributed by atoms with Crippen molar-refractivity contribution in [2.75, 3.05) is 0 Å². The third-order valence-electron chi connectivity index (χ3n) is 1.34. The molecule has 0 aliphatic carbocycles. The van der Waals surface area contributed by atoms with Crippen molar-refractivity contribution in [1.82, 2.24) is 0 Å². The first-order valence-electron chi connectivity index (χ1n) is 3.42. The molecule has 1 rings (SSSR count). The molecule has 0 radical (unpaired) electrons. The average Bonchev–Trinajstić information content (AvgIpc) is 2.12. The molecule has 0 heterocycles. The molecule has 66 valence electrons. The summed E-state index contributed by atoms with van der Waals surface area (Å²) in [5, 5.41) is 0. The second-order valence-corrected chi connectivity index (χ2v) is 2.21. The summed E-state index contributed by atoms with van der Waals surface area (Å²) in [5.41, 5.74) is 0.429. The van der Waals surface area contributed by atoms with Crippen LogP contribution >= 0.6 is 0 Å². The van der Waals surface area contributed by atoms with Gasteiger partial charge in [0.2, 0.25) is 6.08 Å². The third-order valence-corrected chi connectivity index (χ3v) is 1.34. The lowest BCUT2D eigenvalue weighted by molar-refractivity contribution is 0.508. The number of hydrogen-bond acceptors (Lipinski definition) is 2. The normalized spacial score (nSPS) is 10.0. The van der Waals surface area contributed by atoms with Crippen molar-refractivity contribution in [3.8, 4) is 0 Å². The first-order valence-corrected chi connectivity index (χ1v) is 3.42. The molecule has 0 aliphatic heterocycles. The lowest BCUT2D eigenvalue weighted by atomic mass is 10.2. The van der Waals surface area contributed by atoms with Crippen LogP contribution in [0.4, 0.5) is 8.78 Å². The van der Waals surface area contributed by atoms with E-state index in [1.807, 2.05) is 0 Å². The summed E-state index contributed by atoms with van der Waals surface area (Å²) in [6.45, 7) is 0. The molecular weight excluding hydrogens is 176 g/mol. The monoisotopic (exact) mass is 181 g/mol. The Kier molecular flexibility index (Phi) is 3.06. The van der Waals surface area contributed by atoms with Gasteiger partial charge in [0.1, 0.15) is 0 Å². The minimum absolute atomic E-state index is 0.429. The molecule has 0 aromatic heterocycles. The topological polar surface area (TPSA) is 29.4 Å². The van der Waals surface area contributed by atoms with E-state index in [1.165, 1.54) is 18.2 Å². The molecule has 0 saturated heterocycles. The highest BCUT2D eigenvalue weighted by molar-refractivity contribution is 5.50. The smallest absolute Gasteiger partial charge is 0.211 e. The Labute approximate surface area is 73.2 Å². The van der Waals surface area contributed by atoms with Gasteiger partial charge in [0, 0.05) is 6.20 Å². The molecule has 0 spiro atoms. The summed E-state index contributed by atoms with van der Waals surface area (Å²) in [5.74, 6) is -1.84. The Morgan fingerprint density at radius 2 is 2.08 bits per heavy atom. The summed E-state index contributed by atoms with van der Waals surface area (Å²) in [7, 11) is 0. The summed E-state index contributed by atoms with van der Waals surface area (Å²) < 4.78 is 25.0. The number of rotatable bonds is 2. The molecule has 0 saturated carbocycles. The van der Waals surface area contributed by atoms with Crippen LogP contribution < -0.4 is 0 Å². The quantitative estimate of drug-likeness (QED) is 0.508. The predicted molar refractivity (Wildman–Crippen MR) is 43.5 cm³/mol. The van der Waals surface area contributed by atoms with E-state index < -0.39 is 11.6 Å². The van der Waals surface area contributed by atoms with Crippen LogP contribution in [0.25, 0.3) is 6.08 Å². The Morgan fingerprint density at radius 1 is 1.31 bits per heavy atom. The number of nitrogens with zero attached hydrogens (tertiary/aromatic N) is 1. The SMILES string of the molecule is O=C=NC=Cc1ccc(F)c(F)c1. The van der Waals surface area contributed by atoms with Crippen molar-refractivity contribution in [3.05, 3.63) is 41.6 Å². The molecule has 2 nitrogen and oxygen atoms in total. The molecule has 0 N–H and O–H groups in total. The van der Waals surface area contributed by atoms with Crippen LogP contribution in [0.5, 0.6) is 0 Å². The van der Waals surface area contributed by atoms with Gasteiger partial charge in [-0.2, -0.15) is 4.99 Å². The lowest BCUT2D eigenvalue weighted by Gasteiger charge is -1.93. The fourth-order valence-corrected chi connectivity index (χ4v) is 0.770. The van der Waals surface area contributed by atoms with Crippen molar-refractivity contribution in [1.29, 1.82) is 0 Å². The van der Waals surface area contributed by atoms with Gasteiger partial charge < -0.3 is 0 Å². The summed E-state index contributed by atoms with van der Waals surface area (Å²) >= 11 is 0. The second kappa shape index (κ2) is 4.28. The van der Waals surface area contributed by atoms with Crippen LogP contribution in [0.2, 0.25) is 0 Å². The van der Waals surface area contributed by atoms with Crippen LogP contribution in [0.1, 0.15) is 5.56 Å². The number of benzene rings is 1. The van der Waals surface area contributed by atoms with E-state index in [0.29, 0.717) is 5.56 Å². The molecule has 0 atom stereocenters. The van der Waals surface area contributed by atoms with Crippen LogP contribution in [0.3, 0.4) is 0 Å². The first-order chi connectivity index (χ1) is 6.24. The van der Waals surface area contributed by atoms with E-state index in [0.717, 1.165) is 18.3 Å². The number of carbonyl (C=O) groups excluding carboxylic acids is 1. The predicted octanol–water partition coefficient (Wildman–Crippen LogP) is 2.27. The number of hydrogen-bond donors (Lipinski definition) is 0. The largest absolute Gasteiger partial charge is 0.239 e. The molecule has 13 heavy (non-hydrogen) atoms. The van der Waals surface area contributed by atoms with Gasteiger partial charge in [0.25, 0.3) is 0 Å². The lowest BCUT2D eigenvalue weighted by Crippen LogP contribution is -1.83. The standard InChI is InChI=1S/C9H5F2NO/c10-8-2-1-7(5-9(8)11)3-4-12-6-13/h1-5H. The average molecular weight is 181 g/mol. The zero-order chi connectivity index (χ0) is 9.68. The van der Waals surface area contributed by atoms with E-state index in [2.05, 4.69) is 4.99 Å². The molecule has 0 aliphatic rings. The number of aliphatic imine (C=N–C) groups is 1. The van der Waals surface area contributed by atoms with Crippen molar-refractivity contribution in [3.63, 3.8) is 0 Å². The fraction of sp³-hybridized carbons (Fsp3) is 0. The minimum atomic E-state index is -0.933. The van der Waals surface area contributed by atoms with E-state index in [4.69, 9.17) is 0 Å². The Balaban J connectivity index is 2.91. The molecule has 0 fully saturated rings. The van der Waals surface area contributed by atoms with Gasteiger partial charge in [-0.25, -0.2) is 13.6 Å². The highest BCUT2D eigenvalue weighted by atomic mass is 19.2. The molecule has 1 aromatic rings. The van der Waals surface area contributed by atoms with E-state index in [1.54, 1.807) is 0 Å². The number of halogens is 2. The summed E-state index contributed by atoms with van der Waals surface area (Å²) in [6, 6.07) is 3.38. The maximum atomic E-state index is 12.6. The van der Waals surface area contributed by atoms with Crippen molar-refractivity contribution in [2.24, 2.45) is 4.99 Å². The summed E-state index contributed by atoms with van der Waals surface area (Å²) in [4.78, 5) is 12.8. The van der Waals surface area contributed by atoms with Crippen LogP contribution in [-0.4, -0.2) is 6.08 Å².